The van der Waals surface area contributed by atoms with Crippen LogP contribution in [0.25, 0.3) is 0 Å². The number of anilines is 2. The Morgan fingerprint density at radius 2 is 1.89 bits per heavy atom. The summed E-state index contributed by atoms with van der Waals surface area (Å²) in [5.74, 6) is 0. The Kier molecular flexibility index (Phi) is 3.82. The van der Waals surface area contributed by atoms with Crippen molar-refractivity contribution in [2.75, 3.05) is 17.2 Å². The fourth-order valence-electron chi connectivity index (χ4n) is 2.17. The largest absolute Gasteiger partial charge is 0.397 e. The number of nitrogens with two attached hydrogens (primary N) is 1. The topological polar surface area (TPSA) is 42.2 Å². The second kappa shape index (κ2) is 5.54. The van der Waals surface area contributed by atoms with Crippen molar-refractivity contribution in [2.24, 2.45) is 0 Å². The lowest BCUT2D eigenvalue weighted by Crippen LogP contribution is -2.24. The first-order chi connectivity index (χ1) is 8.72. The van der Waals surface area contributed by atoms with E-state index in [0.29, 0.717) is 0 Å². The fourth-order valence-corrected chi connectivity index (χ4v) is 2.17. The highest BCUT2D eigenvalue weighted by Gasteiger charge is 2.11. The van der Waals surface area contributed by atoms with Gasteiger partial charge in [0.05, 0.1) is 11.4 Å². The van der Waals surface area contributed by atoms with E-state index in [1.807, 2.05) is 36.7 Å². The number of hydrogen-bond donors (Lipinski definition) is 1. The zero-order valence-electron chi connectivity index (χ0n) is 10.9. The third kappa shape index (κ3) is 2.62. The Morgan fingerprint density at radius 3 is 2.50 bits per heavy atom. The van der Waals surface area contributed by atoms with E-state index in [-0.39, 0.29) is 0 Å². The third-order valence-corrected chi connectivity index (χ3v) is 3.09. The summed E-state index contributed by atoms with van der Waals surface area (Å²) >= 11 is 0. The Bertz CT molecular complexity index is 488. The molecule has 0 atom stereocenters. The minimum Gasteiger partial charge on any atom is -0.397 e. The first-order valence-corrected chi connectivity index (χ1v) is 6.21. The SMILES string of the molecule is CCN(Cc1ccncc1)c1c(C)cccc1N. The van der Waals surface area contributed by atoms with Crippen LogP contribution in [0.2, 0.25) is 0 Å². The van der Waals surface area contributed by atoms with E-state index in [1.54, 1.807) is 0 Å². The first-order valence-electron chi connectivity index (χ1n) is 6.21. The monoisotopic (exact) mass is 241 g/mol. The molecule has 0 saturated carbocycles. The van der Waals surface area contributed by atoms with Crippen molar-refractivity contribution in [2.45, 2.75) is 20.4 Å². The van der Waals surface area contributed by atoms with Crippen LogP contribution < -0.4 is 10.6 Å². The van der Waals surface area contributed by atoms with Crippen LogP contribution in [-0.2, 0) is 6.54 Å². The van der Waals surface area contributed by atoms with Gasteiger partial charge in [-0.15, -0.1) is 0 Å². The van der Waals surface area contributed by atoms with Crippen molar-refractivity contribution in [1.29, 1.82) is 0 Å². The van der Waals surface area contributed by atoms with Crippen molar-refractivity contribution in [3.8, 4) is 0 Å². The molecule has 94 valence electrons. The van der Waals surface area contributed by atoms with Gasteiger partial charge < -0.3 is 10.6 Å². The molecule has 0 bridgehead atoms. The molecule has 1 aromatic carbocycles. The summed E-state index contributed by atoms with van der Waals surface area (Å²) in [5, 5.41) is 0. The molecule has 3 nitrogen and oxygen atoms in total. The molecule has 2 N–H and O–H groups in total. The highest BCUT2D eigenvalue weighted by atomic mass is 15.1. The van der Waals surface area contributed by atoms with Gasteiger partial charge >= 0.3 is 0 Å². The van der Waals surface area contributed by atoms with Crippen LogP contribution >= 0.6 is 0 Å². The molecular formula is C15H19N3. The zero-order valence-corrected chi connectivity index (χ0v) is 10.9. The van der Waals surface area contributed by atoms with Gasteiger partial charge in [-0.25, -0.2) is 0 Å². The van der Waals surface area contributed by atoms with Gasteiger partial charge in [0.25, 0.3) is 0 Å². The van der Waals surface area contributed by atoms with E-state index in [1.165, 1.54) is 11.1 Å². The molecule has 2 aromatic rings. The van der Waals surface area contributed by atoms with E-state index in [2.05, 4.69) is 29.8 Å². The van der Waals surface area contributed by atoms with E-state index < -0.39 is 0 Å². The minimum absolute atomic E-state index is 0.839. The van der Waals surface area contributed by atoms with Crippen LogP contribution in [0.5, 0.6) is 0 Å². The molecule has 0 aliphatic rings. The van der Waals surface area contributed by atoms with Gasteiger partial charge in [0.1, 0.15) is 0 Å². The number of para-hydroxylation sites is 1. The Hall–Kier alpha value is -2.03. The molecule has 18 heavy (non-hydrogen) atoms. The highest BCUT2D eigenvalue weighted by Crippen LogP contribution is 2.28. The lowest BCUT2D eigenvalue weighted by atomic mass is 10.1. The van der Waals surface area contributed by atoms with Gasteiger partial charge in [0.2, 0.25) is 0 Å². The number of rotatable bonds is 4. The smallest absolute Gasteiger partial charge is 0.0632 e. The number of hydrogen-bond acceptors (Lipinski definition) is 3. The Balaban J connectivity index is 2.29. The third-order valence-electron chi connectivity index (χ3n) is 3.09. The summed E-state index contributed by atoms with van der Waals surface area (Å²) in [6.45, 7) is 6.03. The number of nitrogens with zero attached hydrogens (tertiary/aromatic N) is 2. The number of aryl methyl sites for hydroxylation is 1. The van der Waals surface area contributed by atoms with Crippen molar-refractivity contribution in [3.05, 3.63) is 53.9 Å². The molecule has 1 aromatic heterocycles. The van der Waals surface area contributed by atoms with Crippen LogP contribution in [0.15, 0.2) is 42.7 Å². The molecule has 0 amide bonds. The molecule has 0 radical (unpaired) electrons. The maximum Gasteiger partial charge on any atom is 0.0632 e. The second-order valence-corrected chi connectivity index (χ2v) is 4.38. The molecular weight excluding hydrogens is 222 g/mol. The van der Waals surface area contributed by atoms with E-state index >= 15 is 0 Å². The van der Waals surface area contributed by atoms with Crippen molar-refractivity contribution in [3.63, 3.8) is 0 Å². The first kappa shape index (κ1) is 12.4. The van der Waals surface area contributed by atoms with Crippen LogP contribution in [0.3, 0.4) is 0 Å². The molecule has 0 aliphatic carbocycles. The van der Waals surface area contributed by atoms with Crippen molar-refractivity contribution < 1.29 is 0 Å². The highest BCUT2D eigenvalue weighted by molar-refractivity contribution is 5.71. The average molecular weight is 241 g/mol. The molecule has 0 unspecified atom stereocenters. The predicted octanol–water partition coefficient (Wildman–Crippen LogP) is 3.00. The van der Waals surface area contributed by atoms with Gasteiger partial charge in [-0.2, -0.15) is 0 Å². The molecule has 0 aliphatic heterocycles. The van der Waals surface area contributed by atoms with Crippen LogP contribution in [-0.4, -0.2) is 11.5 Å². The number of nitrogen functional groups attached to an aromatic ring is 1. The van der Waals surface area contributed by atoms with Crippen LogP contribution in [0.1, 0.15) is 18.1 Å². The lowest BCUT2D eigenvalue weighted by molar-refractivity contribution is 0.828. The number of benzene rings is 1. The van der Waals surface area contributed by atoms with E-state index in [9.17, 15) is 0 Å². The summed E-state index contributed by atoms with van der Waals surface area (Å²) in [6.07, 6.45) is 3.65. The van der Waals surface area contributed by atoms with E-state index in [4.69, 9.17) is 5.73 Å². The zero-order chi connectivity index (χ0) is 13.0. The summed E-state index contributed by atoms with van der Waals surface area (Å²) in [5.41, 5.74) is 10.5. The van der Waals surface area contributed by atoms with E-state index in [0.717, 1.165) is 24.5 Å². The maximum absolute atomic E-state index is 6.10. The normalized spacial score (nSPS) is 10.3. The number of pyridine rings is 1. The van der Waals surface area contributed by atoms with Gasteiger partial charge in [-0.05, 0) is 43.2 Å². The van der Waals surface area contributed by atoms with Gasteiger partial charge in [0.15, 0.2) is 0 Å². The predicted molar refractivity (Wildman–Crippen MR) is 76.6 cm³/mol. The molecule has 0 fully saturated rings. The van der Waals surface area contributed by atoms with Gasteiger partial charge in [-0.3, -0.25) is 4.98 Å². The standard InChI is InChI=1S/C15H19N3/c1-3-18(11-13-7-9-17-10-8-13)15-12(2)5-4-6-14(15)16/h4-10H,3,11,16H2,1-2H3. The average Bonchev–Trinajstić information content (AvgIpc) is 2.38. The van der Waals surface area contributed by atoms with Crippen LogP contribution in [0, 0.1) is 6.92 Å². The van der Waals surface area contributed by atoms with Gasteiger partial charge in [0, 0.05) is 25.5 Å². The maximum atomic E-state index is 6.10. The molecule has 0 saturated heterocycles. The summed E-state index contributed by atoms with van der Waals surface area (Å²) < 4.78 is 0. The van der Waals surface area contributed by atoms with Crippen molar-refractivity contribution >= 4 is 11.4 Å². The number of aromatic nitrogens is 1. The quantitative estimate of drug-likeness (QED) is 0.837. The summed E-state index contributed by atoms with van der Waals surface area (Å²) in [4.78, 5) is 6.33. The summed E-state index contributed by atoms with van der Waals surface area (Å²) in [7, 11) is 0. The minimum atomic E-state index is 0.839. The van der Waals surface area contributed by atoms with Crippen LogP contribution in [0.4, 0.5) is 11.4 Å². The molecule has 2 rings (SSSR count). The van der Waals surface area contributed by atoms with Gasteiger partial charge in [-0.1, -0.05) is 12.1 Å². The Morgan fingerprint density at radius 1 is 1.17 bits per heavy atom. The molecule has 3 heteroatoms. The summed E-state index contributed by atoms with van der Waals surface area (Å²) in [6, 6.07) is 10.1. The van der Waals surface area contributed by atoms with Crippen molar-refractivity contribution in [1.82, 2.24) is 4.98 Å². The lowest BCUT2D eigenvalue weighted by Gasteiger charge is -2.26. The molecule has 0 spiro atoms. The molecule has 1 heterocycles. The Labute approximate surface area is 108 Å². The fraction of sp³-hybridized carbons (Fsp3) is 0.267. The second-order valence-electron chi connectivity index (χ2n) is 4.38.